The summed E-state index contributed by atoms with van der Waals surface area (Å²) in [5.41, 5.74) is 0.575. The number of carbonyl (C=O) groups excluding carboxylic acids is 1. The van der Waals surface area contributed by atoms with E-state index < -0.39 is 18.8 Å². The smallest absolute Gasteiger partial charge is 0.411 e. The molecular formula is C11H16F3N3O3. The van der Waals surface area contributed by atoms with E-state index in [1.165, 1.54) is 11.8 Å². The molecule has 0 saturated carbocycles. The van der Waals surface area contributed by atoms with Crippen molar-refractivity contribution >= 4 is 5.97 Å². The van der Waals surface area contributed by atoms with Crippen LogP contribution < -0.4 is 0 Å². The molecule has 1 rings (SSSR count). The first-order valence-corrected chi connectivity index (χ1v) is 5.92. The van der Waals surface area contributed by atoms with Crippen molar-refractivity contribution in [1.82, 2.24) is 15.0 Å². The Hall–Kier alpha value is -1.64. The fraction of sp³-hybridized carbons (Fsp3) is 0.727. The lowest BCUT2D eigenvalue weighted by atomic mass is 10.1. The molecule has 1 heterocycles. The van der Waals surface area contributed by atoms with E-state index in [1.54, 1.807) is 0 Å². The predicted octanol–water partition coefficient (Wildman–Crippen LogP) is 1.77. The summed E-state index contributed by atoms with van der Waals surface area (Å²) in [5.74, 6) is -0.710. The van der Waals surface area contributed by atoms with Gasteiger partial charge in [0.1, 0.15) is 6.61 Å². The normalized spacial score (nSPS) is 11.9. The molecule has 0 saturated heterocycles. The Morgan fingerprint density at radius 3 is 2.55 bits per heavy atom. The number of nitrogens with zero attached hydrogens (tertiary/aromatic N) is 3. The van der Waals surface area contributed by atoms with Gasteiger partial charge in [0.15, 0.2) is 5.69 Å². The van der Waals surface area contributed by atoms with Crippen LogP contribution in [0.1, 0.15) is 35.9 Å². The highest BCUT2D eigenvalue weighted by Crippen LogP contribution is 2.18. The number of carbonyl (C=O) groups is 1. The highest BCUT2D eigenvalue weighted by molar-refractivity contribution is 5.88. The summed E-state index contributed by atoms with van der Waals surface area (Å²) >= 11 is 0. The van der Waals surface area contributed by atoms with E-state index >= 15 is 0 Å². The first-order chi connectivity index (χ1) is 9.26. The molecule has 0 radical (unpaired) electrons. The summed E-state index contributed by atoms with van der Waals surface area (Å²) in [5, 5.41) is 7.44. The van der Waals surface area contributed by atoms with Gasteiger partial charge in [0.25, 0.3) is 0 Å². The Morgan fingerprint density at radius 2 is 2.05 bits per heavy atom. The van der Waals surface area contributed by atoms with Crippen LogP contribution in [0.3, 0.4) is 0 Å². The van der Waals surface area contributed by atoms with Crippen molar-refractivity contribution in [3.05, 3.63) is 11.4 Å². The molecule has 0 N–H and O–H groups in total. The highest BCUT2D eigenvalue weighted by atomic mass is 19.4. The van der Waals surface area contributed by atoms with Gasteiger partial charge in [-0.05, 0) is 5.92 Å². The molecule has 0 amide bonds. The number of hydrogen-bond donors (Lipinski definition) is 0. The van der Waals surface area contributed by atoms with Crippen molar-refractivity contribution in [2.24, 2.45) is 0 Å². The van der Waals surface area contributed by atoms with Crippen molar-refractivity contribution in [2.45, 2.75) is 32.5 Å². The Kier molecular flexibility index (Phi) is 5.49. The third-order valence-electron chi connectivity index (χ3n) is 2.41. The quantitative estimate of drug-likeness (QED) is 0.591. The van der Waals surface area contributed by atoms with Gasteiger partial charge in [-0.15, -0.1) is 5.10 Å². The van der Waals surface area contributed by atoms with Crippen LogP contribution in [0, 0.1) is 0 Å². The van der Waals surface area contributed by atoms with Crippen LogP contribution in [0.25, 0.3) is 0 Å². The van der Waals surface area contributed by atoms with Crippen molar-refractivity contribution < 1.29 is 27.4 Å². The SMILES string of the molecule is COC(=O)c1nnn(CCOCC(F)(F)F)c1C(C)C. The Balaban J connectivity index is 2.71. The molecule has 1 aromatic rings. The van der Waals surface area contributed by atoms with Gasteiger partial charge in [-0.3, -0.25) is 0 Å². The minimum atomic E-state index is -4.36. The van der Waals surface area contributed by atoms with Gasteiger partial charge < -0.3 is 9.47 Å². The topological polar surface area (TPSA) is 66.2 Å². The van der Waals surface area contributed by atoms with Gasteiger partial charge in [0.2, 0.25) is 0 Å². The molecule has 0 aliphatic carbocycles. The number of methoxy groups -OCH3 is 1. The second-order valence-corrected chi connectivity index (χ2v) is 4.36. The summed E-state index contributed by atoms with van der Waals surface area (Å²) < 4.78 is 46.2. The first-order valence-electron chi connectivity index (χ1n) is 5.92. The molecule has 0 aliphatic rings. The van der Waals surface area contributed by atoms with Gasteiger partial charge in [0.05, 0.1) is 26.0 Å². The Morgan fingerprint density at radius 1 is 1.40 bits per heavy atom. The second-order valence-electron chi connectivity index (χ2n) is 4.36. The predicted molar refractivity (Wildman–Crippen MR) is 62.3 cm³/mol. The lowest BCUT2D eigenvalue weighted by Gasteiger charge is -2.11. The fourth-order valence-electron chi connectivity index (χ4n) is 1.64. The molecule has 0 aromatic carbocycles. The molecule has 0 bridgehead atoms. The number of alkyl halides is 3. The number of halogens is 3. The number of ether oxygens (including phenoxy) is 2. The van der Waals surface area contributed by atoms with E-state index in [4.69, 9.17) is 0 Å². The highest BCUT2D eigenvalue weighted by Gasteiger charge is 2.27. The van der Waals surface area contributed by atoms with E-state index in [9.17, 15) is 18.0 Å². The van der Waals surface area contributed by atoms with E-state index in [2.05, 4.69) is 19.8 Å². The van der Waals surface area contributed by atoms with Crippen molar-refractivity contribution in [3.8, 4) is 0 Å². The van der Waals surface area contributed by atoms with E-state index in [0.29, 0.717) is 5.69 Å². The zero-order valence-corrected chi connectivity index (χ0v) is 11.4. The van der Waals surface area contributed by atoms with E-state index in [1.807, 2.05) is 13.8 Å². The van der Waals surface area contributed by atoms with Crippen molar-refractivity contribution in [2.75, 3.05) is 20.3 Å². The lowest BCUT2D eigenvalue weighted by molar-refractivity contribution is -0.174. The molecule has 0 fully saturated rings. The Labute approximate surface area is 113 Å². The summed E-state index contributed by atoms with van der Waals surface area (Å²) in [6.07, 6.45) is -4.36. The average Bonchev–Trinajstić information content (AvgIpc) is 2.76. The number of hydrogen-bond acceptors (Lipinski definition) is 5. The maximum absolute atomic E-state index is 11.9. The molecule has 0 unspecified atom stereocenters. The second kappa shape index (κ2) is 6.69. The summed E-state index contributed by atoms with van der Waals surface area (Å²) in [4.78, 5) is 11.5. The molecule has 6 nitrogen and oxygen atoms in total. The lowest BCUT2D eigenvalue weighted by Crippen LogP contribution is -2.20. The molecule has 1 aromatic heterocycles. The monoisotopic (exact) mass is 295 g/mol. The molecule has 114 valence electrons. The fourth-order valence-corrected chi connectivity index (χ4v) is 1.64. The zero-order chi connectivity index (χ0) is 15.3. The van der Waals surface area contributed by atoms with E-state index in [0.717, 1.165) is 0 Å². The molecule has 0 atom stereocenters. The van der Waals surface area contributed by atoms with Gasteiger partial charge in [-0.25, -0.2) is 9.48 Å². The summed E-state index contributed by atoms with van der Waals surface area (Å²) in [6, 6.07) is 0. The average molecular weight is 295 g/mol. The zero-order valence-electron chi connectivity index (χ0n) is 11.4. The van der Waals surface area contributed by atoms with Crippen LogP contribution in [0.4, 0.5) is 13.2 Å². The molecule has 0 spiro atoms. The number of aromatic nitrogens is 3. The maximum Gasteiger partial charge on any atom is 0.411 e. The van der Waals surface area contributed by atoms with Crippen LogP contribution >= 0.6 is 0 Å². The molecule has 9 heteroatoms. The van der Waals surface area contributed by atoms with Crippen molar-refractivity contribution in [1.29, 1.82) is 0 Å². The molecule has 20 heavy (non-hydrogen) atoms. The van der Waals surface area contributed by atoms with Crippen LogP contribution in [0.5, 0.6) is 0 Å². The van der Waals surface area contributed by atoms with Crippen molar-refractivity contribution in [3.63, 3.8) is 0 Å². The van der Waals surface area contributed by atoms with Crippen LogP contribution in [0.2, 0.25) is 0 Å². The van der Waals surface area contributed by atoms with Gasteiger partial charge >= 0.3 is 12.1 Å². The van der Waals surface area contributed by atoms with E-state index in [-0.39, 0.29) is 24.8 Å². The maximum atomic E-state index is 11.9. The molecule has 0 aliphatic heterocycles. The van der Waals surface area contributed by atoms with Crippen LogP contribution in [0.15, 0.2) is 0 Å². The van der Waals surface area contributed by atoms with Gasteiger partial charge in [-0.2, -0.15) is 13.2 Å². The van der Waals surface area contributed by atoms with Crippen LogP contribution in [-0.2, 0) is 16.0 Å². The largest absolute Gasteiger partial charge is 0.464 e. The molecular weight excluding hydrogens is 279 g/mol. The third-order valence-corrected chi connectivity index (χ3v) is 2.41. The first kappa shape index (κ1) is 16.4. The number of esters is 1. The standard InChI is InChI=1S/C11H16F3N3O3/c1-7(2)9-8(10(18)19-3)15-16-17(9)4-5-20-6-11(12,13)14/h7H,4-6H2,1-3H3. The Bertz CT molecular complexity index is 458. The van der Waals surface area contributed by atoms with Gasteiger partial charge in [-0.1, -0.05) is 19.1 Å². The minimum absolute atomic E-state index is 0.0679. The van der Waals surface area contributed by atoms with Crippen LogP contribution in [-0.4, -0.2) is 47.5 Å². The number of rotatable bonds is 6. The minimum Gasteiger partial charge on any atom is -0.464 e. The third kappa shape index (κ3) is 4.48. The summed E-state index contributed by atoms with van der Waals surface area (Å²) in [6.45, 7) is 2.22. The summed E-state index contributed by atoms with van der Waals surface area (Å²) in [7, 11) is 1.22. The van der Waals surface area contributed by atoms with Gasteiger partial charge in [0, 0.05) is 0 Å².